The van der Waals surface area contributed by atoms with Gasteiger partial charge in [0.15, 0.2) is 0 Å². The Morgan fingerprint density at radius 2 is 1.35 bits per heavy atom. The SMILES string of the molecule is CC(C)(C(=O)NC[C@H]1CC[C@@H](CN)C1)c1cc(-c2ccc(F)cc2)cc(-c2ccc(F)cc2)c1. The lowest BCUT2D eigenvalue weighted by Gasteiger charge is -2.27. The number of nitrogens with one attached hydrogen (secondary N) is 1. The molecule has 0 saturated heterocycles. The molecule has 0 heterocycles. The second-order valence-corrected chi connectivity index (χ2v) is 9.93. The quantitative estimate of drug-likeness (QED) is 0.448. The first-order chi connectivity index (χ1) is 16.3. The molecule has 0 radical (unpaired) electrons. The first-order valence-electron chi connectivity index (χ1n) is 11.9. The van der Waals surface area contributed by atoms with Crippen LogP contribution >= 0.6 is 0 Å². The monoisotopic (exact) mass is 462 g/mol. The minimum Gasteiger partial charge on any atom is -0.355 e. The lowest BCUT2D eigenvalue weighted by molar-refractivity contribution is -0.125. The zero-order chi connectivity index (χ0) is 24.3. The predicted molar refractivity (Wildman–Crippen MR) is 133 cm³/mol. The van der Waals surface area contributed by atoms with E-state index in [1.165, 1.54) is 24.3 Å². The third-order valence-electron chi connectivity index (χ3n) is 7.11. The molecular weight excluding hydrogens is 430 g/mol. The smallest absolute Gasteiger partial charge is 0.230 e. The van der Waals surface area contributed by atoms with Gasteiger partial charge in [-0.1, -0.05) is 36.4 Å². The van der Waals surface area contributed by atoms with Gasteiger partial charge >= 0.3 is 0 Å². The maximum atomic E-state index is 13.5. The third-order valence-corrected chi connectivity index (χ3v) is 7.11. The molecule has 5 heteroatoms. The predicted octanol–water partition coefficient (Wildman–Crippen LogP) is 6.07. The minimum atomic E-state index is -0.795. The van der Waals surface area contributed by atoms with Crippen LogP contribution in [0.4, 0.5) is 8.78 Å². The van der Waals surface area contributed by atoms with Gasteiger partial charge in [0, 0.05) is 6.54 Å². The Kier molecular flexibility index (Phi) is 7.13. The summed E-state index contributed by atoms with van der Waals surface area (Å²) in [7, 11) is 0. The molecule has 3 aromatic carbocycles. The van der Waals surface area contributed by atoms with Crippen molar-refractivity contribution < 1.29 is 13.6 Å². The van der Waals surface area contributed by atoms with E-state index in [-0.39, 0.29) is 17.5 Å². The molecular formula is C29H32F2N2O. The average Bonchev–Trinajstić information content (AvgIpc) is 3.31. The molecule has 178 valence electrons. The van der Waals surface area contributed by atoms with Crippen LogP contribution in [-0.4, -0.2) is 19.0 Å². The normalized spacial score (nSPS) is 18.1. The summed E-state index contributed by atoms with van der Waals surface area (Å²) in [4.78, 5) is 13.3. The Morgan fingerprint density at radius 3 is 1.82 bits per heavy atom. The van der Waals surface area contributed by atoms with Crippen LogP contribution in [0.5, 0.6) is 0 Å². The Labute approximate surface area is 200 Å². The first kappa shape index (κ1) is 24.1. The van der Waals surface area contributed by atoms with Gasteiger partial charge in [-0.05, 0) is 110 Å². The molecule has 1 saturated carbocycles. The minimum absolute atomic E-state index is 0.0370. The molecule has 34 heavy (non-hydrogen) atoms. The van der Waals surface area contributed by atoms with E-state index in [1.54, 1.807) is 24.3 Å². The molecule has 0 unspecified atom stereocenters. The molecule has 3 N–H and O–H groups in total. The Bertz CT molecular complexity index is 1080. The van der Waals surface area contributed by atoms with Crippen molar-refractivity contribution in [1.29, 1.82) is 0 Å². The summed E-state index contributed by atoms with van der Waals surface area (Å²) >= 11 is 0. The van der Waals surface area contributed by atoms with E-state index in [2.05, 4.69) is 5.32 Å². The summed E-state index contributed by atoms with van der Waals surface area (Å²) < 4.78 is 27.0. The molecule has 0 spiro atoms. The number of carbonyl (C=O) groups excluding carboxylic acids is 1. The highest BCUT2D eigenvalue weighted by atomic mass is 19.1. The standard InChI is InChI=1S/C29H32F2N2O/c1-29(2,28(34)33-18-20-4-3-19(13-20)17-32)25-15-23(21-5-9-26(30)10-6-21)14-24(16-25)22-7-11-27(31)12-8-22/h5-12,14-16,19-20H,3-4,13,17-18,32H2,1-2H3,(H,33,34)/t19-,20+/m1/s1. The first-order valence-corrected chi connectivity index (χ1v) is 11.9. The molecule has 1 aliphatic rings. The van der Waals surface area contributed by atoms with Crippen molar-refractivity contribution in [3.63, 3.8) is 0 Å². The summed E-state index contributed by atoms with van der Waals surface area (Å²) in [5, 5.41) is 3.16. The molecule has 1 aliphatic carbocycles. The fourth-order valence-corrected chi connectivity index (χ4v) is 4.77. The fraction of sp³-hybridized carbons (Fsp3) is 0.345. The highest BCUT2D eigenvalue weighted by Gasteiger charge is 2.32. The lowest BCUT2D eigenvalue weighted by atomic mass is 9.80. The van der Waals surface area contributed by atoms with Crippen molar-refractivity contribution in [2.45, 2.75) is 38.5 Å². The highest BCUT2D eigenvalue weighted by molar-refractivity contribution is 5.89. The molecule has 4 rings (SSSR count). The van der Waals surface area contributed by atoms with Crippen LogP contribution in [0.1, 0.15) is 38.7 Å². The molecule has 3 aromatic rings. The van der Waals surface area contributed by atoms with E-state index < -0.39 is 5.41 Å². The van der Waals surface area contributed by atoms with E-state index in [4.69, 9.17) is 5.73 Å². The number of rotatable bonds is 7. The second-order valence-electron chi connectivity index (χ2n) is 9.93. The average molecular weight is 463 g/mol. The van der Waals surface area contributed by atoms with E-state index >= 15 is 0 Å². The Morgan fingerprint density at radius 1 is 0.853 bits per heavy atom. The van der Waals surface area contributed by atoms with Gasteiger partial charge in [-0.2, -0.15) is 0 Å². The van der Waals surface area contributed by atoms with Crippen LogP contribution < -0.4 is 11.1 Å². The zero-order valence-corrected chi connectivity index (χ0v) is 19.8. The van der Waals surface area contributed by atoms with Crippen LogP contribution in [0.3, 0.4) is 0 Å². The van der Waals surface area contributed by atoms with Crippen molar-refractivity contribution in [1.82, 2.24) is 5.32 Å². The summed E-state index contributed by atoms with van der Waals surface area (Å²) in [6.07, 6.45) is 3.28. The second kappa shape index (κ2) is 10.1. The molecule has 0 aromatic heterocycles. The number of hydrogen-bond donors (Lipinski definition) is 2. The maximum absolute atomic E-state index is 13.5. The Hall–Kier alpha value is -3.05. The fourth-order valence-electron chi connectivity index (χ4n) is 4.77. The molecule has 1 amide bonds. The van der Waals surface area contributed by atoms with Crippen LogP contribution in [-0.2, 0) is 10.2 Å². The Balaban J connectivity index is 1.65. The summed E-state index contributed by atoms with van der Waals surface area (Å²) in [6.45, 7) is 5.19. The highest BCUT2D eigenvalue weighted by Crippen LogP contribution is 2.35. The maximum Gasteiger partial charge on any atom is 0.230 e. The van der Waals surface area contributed by atoms with Crippen molar-refractivity contribution in [2.75, 3.05) is 13.1 Å². The number of hydrogen-bond acceptors (Lipinski definition) is 2. The number of benzene rings is 3. The topological polar surface area (TPSA) is 55.1 Å². The van der Waals surface area contributed by atoms with Crippen molar-refractivity contribution in [3.8, 4) is 22.3 Å². The lowest BCUT2D eigenvalue weighted by Crippen LogP contribution is -2.42. The largest absolute Gasteiger partial charge is 0.355 e. The van der Waals surface area contributed by atoms with Crippen molar-refractivity contribution in [3.05, 3.63) is 83.9 Å². The van der Waals surface area contributed by atoms with Gasteiger partial charge in [0.05, 0.1) is 5.41 Å². The van der Waals surface area contributed by atoms with Gasteiger partial charge in [0.2, 0.25) is 5.91 Å². The molecule has 2 atom stereocenters. The van der Waals surface area contributed by atoms with Crippen LogP contribution in [0.15, 0.2) is 66.7 Å². The van der Waals surface area contributed by atoms with E-state index in [0.29, 0.717) is 24.9 Å². The van der Waals surface area contributed by atoms with Crippen LogP contribution in [0.2, 0.25) is 0 Å². The zero-order valence-electron chi connectivity index (χ0n) is 19.8. The third kappa shape index (κ3) is 5.36. The summed E-state index contributed by atoms with van der Waals surface area (Å²) in [5.74, 6) is 0.378. The summed E-state index contributed by atoms with van der Waals surface area (Å²) in [6, 6.07) is 18.6. The van der Waals surface area contributed by atoms with E-state index in [0.717, 1.165) is 47.1 Å². The van der Waals surface area contributed by atoms with E-state index in [1.807, 2.05) is 32.0 Å². The molecule has 0 aliphatic heterocycles. The van der Waals surface area contributed by atoms with Gasteiger partial charge in [0.25, 0.3) is 0 Å². The molecule has 0 bridgehead atoms. The van der Waals surface area contributed by atoms with Crippen molar-refractivity contribution >= 4 is 5.91 Å². The van der Waals surface area contributed by atoms with Gasteiger partial charge in [-0.3, -0.25) is 4.79 Å². The van der Waals surface area contributed by atoms with Gasteiger partial charge in [-0.15, -0.1) is 0 Å². The van der Waals surface area contributed by atoms with Gasteiger partial charge in [0.1, 0.15) is 11.6 Å². The van der Waals surface area contributed by atoms with Gasteiger partial charge in [-0.25, -0.2) is 8.78 Å². The van der Waals surface area contributed by atoms with Crippen molar-refractivity contribution in [2.24, 2.45) is 17.6 Å². The van der Waals surface area contributed by atoms with Gasteiger partial charge < -0.3 is 11.1 Å². The molecule has 3 nitrogen and oxygen atoms in total. The number of halogens is 2. The van der Waals surface area contributed by atoms with Crippen LogP contribution in [0.25, 0.3) is 22.3 Å². The number of nitrogens with two attached hydrogens (primary N) is 1. The number of amides is 1. The van der Waals surface area contributed by atoms with E-state index in [9.17, 15) is 13.6 Å². The summed E-state index contributed by atoms with van der Waals surface area (Å²) in [5.41, 5.74) is 9.31. The number of carbonyl (C=O) groups is 1. The van der Waals surface area contributed by atoms with Crippen LogP contribution in [0, 0.1) is 23.5 Å². The molecule has 1 fully saturated rings.